The molecule has 0 aliphatic heterocycles. The summed E-state index contributed by atoms with van der Waals surface area (Å²) in [7, 11) is -3.64. The second kappa shape index (κ2) is 6.90. The molecule has 1 aliphatic rings. The molecule has 1 unspecified atom stereocenters. The minimum absolute atomic E-state index is 0.114. The Balaban J connectivity index is 2.04. The van der Waals surface area contributed by atoms with E-state index in [4.69, 9.17) is 5.14 Å². The van der Waals surface area contributed by atoms with E-state index in [9.17, 15) is 8.42 Å². The first-order chi connectivity index (χ1) is 9.88. The summed E-state index contributed by atoms with van der Waals surface area (Å²) in [5.41, 5.74) is 0.962. The number of primary sulfonamides is 1. The molecule has 1 aliphatic carbocycles. The molecule has 0 aromatic heterocycles. The Labute approximate surface area is 128 Å². The second-order valence-corrected chi connectivity index (χ2v) is 7.75. The zero-order chi connectivity index (χ0) is 15.5. The van der Waals surface area contributed by atoms with Crippen LogP contribution >= 0.6 is 0 Å². The fourth-order valence-corrected chi connectivity index (χ4v) is 3.79. The maximum atomic E-state index is 11.4. The largest absolute Gasteiger partial charge is 0.307 e. The highest BCUT2D eigenvalue weighted by atomic mass is 32.2. The third kappa shape index (κ3) is 4.53. The topological polar surface area (TPSA) is 72.2 Å². The van der Waals surface area contributed by atoms with Crippen molar-refractivity contribution in [2.75, 3.05) is 0 Å². The van der Waals surface area contributed by atoms with Crippen molar-refractivity contribution in [3.05, 3.63) is 29.8 Å². The van der Waals surface area contributed by atoms with E-state index in [1.54, 1.807) is 12.1 Å². The molecular formula is C16H26N2O2S. The summed E-state index contributed by atoms with van der Waals surface area (Å²) in [4.78, 5) is 0.180. The first kappa shape index (κ1) is 16.5. The van der Waals surface area contributed by atoms with Crippen molar-refractivity contribution < 1.29 is 8.42 Å². The lowest BCUT2D eigenvalue weighted by Crippen LogP contribution is -2.36. The highest BCUT2D eigenvalue weighted by molar-refractivity contribution is 7.89. The predicted octanol–water partition coefficient (Wildman–Crippen LogP) is 2.95. The summed E-state index contributed by atoms with van der Waals surface area (Å²) in [5.74, 6) is 0.725. The summed E-state index contributed by atoms with van der Waals surface area (Å²) >= 11 is 0. The molecular weight excluding hydrogens is 284 g/mol. The third-order valence-electron chi connectivity index (χ3n) is 4.56. The standard InChI is InChI=1S/C16H26N2O2S/c1-12(14-7-4-3-5-8-14)18-13(2)15-9-6-10-16(11-15)21(17,19)20/h6,9-14,18H,3-5,7-8H2,1-2H3,(H2,17,19,20)/t12-,13?/m0/s1. The monoisotopic (exact) mass is 310 g/mol. The third-order valence-corrected chi connectivity index (χ3v) is 5.47. The summed E-state index contributed by atoms with van der Waals surface area (Å²) < 4.78 is 22.9. The van der Waals surface area contributed by atoms with Crippen LogP contribution in [0, 0.1) is 5.92 Å². The van der Waals surface area contributed by atoms with Crippen LogP contribution in [-0.4, -0.2) is 14.5 Å². The Morgan fingerprint density at radius 1 is 1.19 bits per heavy atom. The maximum absolute atomic E-state index is 11.4. The minimum atomic E-state index is -3.64. The highest BCUT2D eigenvalue weighted by Crippen LogP contribution is 2.28. The molecule has 4 nitrogen and oxygen atoms in total. The molecule has 118 valence electrons. The van der Waals surface area contributed by atoms with Gasteiger partial charge in [0.05, 0.1) is 4.90 Å². The first-order valence-electron chi connectivity index (χ1n) is 7.77. The lowest BCUT2D eigenvalue weighted by Gasteiger charge is -2.31. The van der Waals surface area contributed by atoms with Crippen molar-refractivity contribution in [1.29, 1.82) is 0 Å². The molecule has 0 amide bonds. The number of rotatable bonds is 5. The molecule has 2 rings (SSSR count). The Morgan fingerprint density at radius 3 is 2.48 bits per heavy atom. The van der Waals surface area contributed by atoms with Crippen molar-refractivity contribution in [2.45, 2.75) is 62.9 Å². The van der Waals surface area contributed by atoms with Gasteiger partial charge in [0, 0.05) is 12.1 Å². The van der Waals surface area contributed by atoms with Gasteiger partial charge in [-0.15, -0.1) is 0 Å². The Morgan fingerprint density at radius 2 is 1.86 bits per heavy atom. The van der Waals surface area contributed by atoms with Gasteiger partial charge in [-0.3, -0.25) is 0 Å². The van der Waals surface area contributed by atoms with Crippen molar-refractivity contribution in [3.8, 4) is 0 Å². The Hall–Kier alpha value is -0.910. The fourth-order valence-electron chi connectivity index (χ4n) is 3.22. The summed E-state index contributed by atoms with van der Waals surface area (Å²) in [6.45, 7) is 4.30. The number of sulfonamides is 1. The first-order valence-corrected chi connectivity index (χ1v) is 9.31. The van der Waals surface area contributed by atoms with Crippen LogP contribution in [-0.2, 0) is 10.0 Å². The molecule has 1 fully saturated rings. The Kier molecular flexibility index (Phi) is 5.41. The van der Waals surface area contributed by atoms with E-state index in [1.165, 1.54) is 38.2 Å². The zero-order valence-corrected chi connectivity index (χ0v) is 13.7. The molecule has 0 heterocycles. The van der Waals surface area contributed by atoms with Gasteiger partial charge >= 0.3 is 0 Å². The number of nitrogens with two attached hydrogens (primary N) is 1. The van der Waals surface area contributed by atoms with Gasteiger partial charge in [-0.1, -0.05) is 31.4 Å². The van der Waals surface area contributed by atoms with Crippen LogP contribution in [0.15, 0.2) is 29.2 Å². The van der Waals surface area contributed by atoms with Gasteiger partial charge in [-0.05, 0) is 50.3 Å². The molecule has 3 N–H and O–H groups in total. The van der Waals surface area contributed by atoms with Crippen LogP contribution in [0.25, 0.3) is 0 Å². The molecule has 1 aromatic carbocycles. The number of nitrogens with one attached hydrogen (secondary N) is 1. The fraction of sp³-hybridized carbons (Fsp3) is 0.625. The molecule has 2 atom stereocenters. The molecule has 0 saturated heterocycles. The smallest absolute Gasteiger partial charge is 0.238 e. The average molecular weight is 310 g/mol. The lowest BCUT2D eigenvalue weighted by atomic mass is 9.84. The van der Waals surface area contributed by atoms with E-state index in [-0.39, 0.29) is 10.9 Å². The van der Waals surface area contributed by atoms with Crippen molar-refractivity contribution >= 4 is 10.0 Å². The van der Waals surface area contributed by atoms with E-state index < -0.39 is 10.0 Å². The van der Waals surface area contributed by atoms with Gasteiger partial charge in [0.1, 0.15) is 0 Å². The van der Waals surface area contributed by atoms with E-state index in [2.05, 4.69) is 19.2 Å². The predicted molar refractivity (Wildman–Crippen MR) is 85.4 cm³/mol. The minimum Gasteiger partial charge on any atom is -0.307 e. The van der Waals surface area contributed by atoms with E-state index >= 15 is 0 Å². The average Bonchev–Trinajstić information content (AvgIpc) is 2.47. The molecule has 21 heavy (non-hydrogen) atoms. The van der Waals surface area contributed by atoms with Crippen LogP contribution in [0.1, 0.15) is 57.6 Å². The second-order valence-electron chi connectivity index (χ2n) is 6.19. The summed E-state index contributed by atoms with van der Waals surface area (Å²) in [6, 6.07) is 7.46. The lowest BCUT2D eigenvalue weighted by molar-refractivity contribution is 0.268. The number of benzene rings is 1. The SMILES string of the molecule is CC(N[C@@H](C)C1CCCCC1)c1cccc(S(N)(=O)=O)c1. The van der Waals surface area contributed by atoms with E-state index in [0.717, 1.165) is 11.5 Å². The van der Waals surface area contributed by atoms with Crippen LogP contribution in [0.4, 0.5) is 0 Å². The molecule has 5 heteroatoms. The van der Waals surface area contributed by atoms with E-state index in [0.29, 0.717) is 6.04 Å². The maximum Gasteiger partial charge on any atom is 0.238 e. The highest BCUT2D eigenvalue weighted by Gasteiger charge is 2.21. The van der Waals surface area contributed by atoms with Crippen molar-refractivity contribution in [2.24, 2.45) is 11.1 Å². The molecule has 0 bridgehead atoms. The molecule has 1 aromatic rings. The summed E-state index contributed by atoms with van der Waals surface area (Å²) in [5, 5.41) is 8.80. The van der Waals surface area contributed by atoms with Crippen LogP contribution in [0.2, 0.25) is 0 Å². The van der Waals surface area contributed by atoms with Crippen molar-refractivity contribution in [1.82, 2.24) is 5.32 Å². The number of hydrogen-bond acceptors (Lipinski definition) is 3. The van der Waals surface area contributed by atoms with Gasteiger partial charge in [-0.2, -0.15) is 0 Å². The Bertz CT molecular complexity index is 565. The number of hydrogen-bond donors (Lipinski definition) is 2. The van der Waals surface area contributed by atoms with Crippen LogP contribution in [0.5, 0.6) is 0 Å². The van der Waals surface area contributed by atoms with E-state index in [1.807, 2.05) is 6.07 Å². The van der Waals surface area contributed by atoms with Crippen molar-refractivity contribution in [3.63, 3.8) is 0 Å². The molecule has 1 saturated carbocycles. The van der Waals surface area contributed by atoms with Crippen LogP contribution < -0.4 is 10.5 Å². The molecule has 0 spiro atoms. The van der Waals surface area contributed by atoms with Gasteiger partial charge in [0.25, 0.3) is 0 Å². The molecule has 0 radical (unpaired) electrons. The normalized spacial score (nSPS) is 20.1. The van der Waals surface area contributed by atoms with Gasteiger partial charge in [-0.25, -0.2) is 13.6 Å². The quantitative estimate of drug-likeness (QED) is 0.878. The van der Waals surface area contributed by atoms with Gasteiger partial charge in [0.15, 0.2) is 0 Å². The zero-order valence-electron chi connectivity index (χ0n) is 12.9. The van der Waals surface area contributed by atoms with Crippen LogP contribution in [0.3, 0.4) is 0 Å². The van der Waals surface area contributed by atoms with Gasteiger partial charge < -0.3 is 5.32 Å². The summed E-state index contributed by atoms with van der Waals surface area (Å²) in [6.07, 6.45) is 6.59. The van der Waals surface area contributed by atoms with Gasteiger partial charge in [0.2, 0.25) is 10.0 Å².